The quantitative estimate of drug-likeness (QED) is 0.659. The molecule has 0 unspecified atom stereocenters. The summed E-state index contributed by atoms with van der Waals surface area (Å²) < 4.78 is 11.9. The molecule has 4 nitrogen and oxygen atoms in total. The van der Waals surface area contributed by atoms with Gasteiger partial charge in [0.15, 0.2) is 5.16 Å². The van der Waals surface area contributed by atoms with Crippen molar-refractivity contribution in [3.8, 4) is 5.75 Å². The van der Waals surface area contributed by atoms with Crippen LogP contribution in [0.15, 0.2) is 24.3 Å². The van der Waals surface area contributed by atoms with E-state index in [4.69, 9.17) is 9.05 Å². The molecule has 0 amide bonds. The molecule has 0 aliphatic heterocycles. The second-order valence-electron chi connectivity index (χ2n) is 8.11. The Morgan fingerprint density at radius 2 is 1.21 bits per heavy atom. The second kappa shape index (κ2) is 7.29. The minimum atomic E-state index is -3.27. The van der Waals surface area contributed by atoms with Crippen molar-refractivity contribution in [2.45, 2.75) is 60.5 Å². The highest BCUT2D eigenvalue weighted by Crippen LogP contribution is 2.81. The molecule has 0 aromatic heterocycles. The van der Waals surface area contributed by atoms with Crippen LogP contribution >= 0.6 is 7.94 Å². The zero-order valence-corrected chi connectivity index (χ0v) is 17.3. The lowest BCUT2D eigenvalue weighted by Gasteiger charge is -2.52. The first kappa shape index (κ1) is 21.4. The average Bonchev–Trinajstić information content (AvgIpc) is 2.38. The molecule has 0 radical (unpaired) electrons. The summed E-state index contributed by atoms with van der Waals surface area (Å²) in [4.78, 5) is 11.7. The van der Waals surface area contributed by atoms with E-state index in [0.29, 0.717) is 13.2 Å². The van der Waals surface area contributed by atoms with Crippen LogP contribution in [0.2, 0.25) is 0 Å². The highest BCUT2D eigenvalue weighted by atomic mass is 31.2. The first-order valence-electron chi connectivity index (χ1n) is 8.58. The van der Waals surface area contributed by atoms with Crippen LogP contribution in [-0.2, 0) is 14.2 Å². The van der Waals surface area contributed by atoms with E-state index in [-0.39, 0.29) is 16.6 Å². The molecule has 24 heavy (non-hydrogen) atoms. The largest absolute Gasteiger partial charge is 0.508 e. The zero-order chi connectivity index (χ0) is 18.8. The Balaban J connectivity index is 3.87. The first-order chi connectivity index (χ1) is 10.9. The molecule has 0 spiro atoms. The molecule has 0 heterocycles. The summed E-state index contributed by atoms with van der Waals surface area (Å²) in [6.07, 6.45) is 0. The second-order valence-corrected chi connectivity index (χ2v) is 10.3. The lowest BCUT2D eigenvalue weighted by atomic mass is 9.62. The van der Waals surface area contributed by atoms with Gasteiger partial charge in [-0.05, 0) is 26.0 Å². The van der Waals surface area contributed by atoms with Gasteiger partial charge in [0.1, 0.15) is 5.75 Å². The third-order valence-electron chi connectivity index (χ3n) is 4.49. The number of benzene rings is 1. The topological polar surface area (TPSA) is 58.9 Å². The fraction of sp³-hybridized carbons (Fsp3) is 0.684. The van der Waals surface area contributed by atoms with E-state index < -0.39 is 13.1 Å². The van der Waals surface area contributed by atoms with E-state index in [1.54, 1.807) is 12.1 Å². The minimum absolute atomic E-state index is 0.199. The molecular weight excluding hydrogens is 323 g/mol. The number of hydrogen-bond acceptors (Lipinski definition) is 4. The number of phenols is 1. The van der Waals surface area contributed by atoms with E-state index in [2.05, 4.69) is 41.5 Å². The fourth-order valence-electron chi connectivity index (χ4n) is 4.29. The normalized spacial score (nSPS) is 14.0. The standard InChI is InChI=1S/C19H33O4P/c1-9-22-24(21,23-10-2)19(17(3,4)5,18(6,7)8)15-11-13-16(20)14-12-15/h11-14,21H,9-10H2,1-8H3/p+1. The van der Waals surface area contributed by atoms with Crippen molar-refractivity contribution in [2.75, 3.05) is 13.2 Å². The summed E-state index contributed by atoms with van der Waals surface area (Å²) in [6.45, 7) is 17.1. The molecule has 1 aromatic rings. The van der Waals surface area contributed by atoms with E-state index >= 15 is 0 Å². The van der Waals surface area contributed by atoms with Crippen LogP contribution in [-0.4, -0.2) is 23.2 Å². The molecule has 0 saturated heterocycles. The smallest absolute Gasteiger partial charge is 0.420 e. The van der Waals surface area contributed by atoms with Gasteiger partial charge in [-0.3, -0.25) is 0 Å². The lowest BCUT2D eigenvalue weighted by Crippen LogP contribution is -2.52. The molecule has 0 bridgehead atoms. The van der Waals surface area contributed by atoms with Gasteiger partial charge in [0.2, 0.25) is 0 Å². The minimum Gasteiger partial charge on any atom is -0.508 e. The van der Waals surface area contributed by atoms with Crippen molar-refractivity contribution < 1.29 is 19.0 Å². The van der Waals surface area contributed by atoms with Crippen LogP contribution in [0.1, 0.15) is 61.0 Å². The molecule has 0 atom stereocenters. The Hall–Kier alpha value is -0.670. The maximum Gasteiger partial charge on any atom is 0.420 e. The Morgan fingerprint density at radius 3 is 1.50 bits per heavy atom. The van der Waals surface area contributed by atoms with Gasteiger partial charge in [-0.15, -0.1) is 0 Å². The summed E-state index contributed by atoms with van der Waals surface area (Å²) in [5.41, 5.74) is 0.211. The first-order valence-corrected chi connectivity index (χ1v) is 10.2. The molecule has 0 aliphatic carbocycles. The van der Waals surface area contributed by atoms with Crippen molar-refractivity contribution in [3.05, 3.63) is 29.8 Å². The molecule has 2 N–H and O–H groups in total. The number of rotatable bonds is 6. The Bertz CT molecular complexity index is 506. The summed E-state index contributed by atoms with van der Waals surface area (Å²) in [6, 6.07) is 7.05. The molecule has 1 aromatic carbocycles. The molecule has 1 rings (SSSR count). The van der Waals surface area contributed by atoms with E-state index in [9.17, 15) is 10.00 Å². The van der Waals surface area contributed by atoms with Crippen LogP contribution in [0.25, 0.3) is 0 Å². The number of aromatic hydroxyl groups is 1. The van der Waals surface area contributed by atoms with Crippen molar-refractivity contribution >= 4 is 7.94 Å². The Kier molecular flexibility index (Phi) is 6.49. The third kappa shape index (κ3) is 3.48. The molecule has 5 heteroatoms. The van der Waals surface area contributed by atoms with Crippen LogP contribution < -0.4 is 0 Å². The van der Waals surface area contributed by atoms with Crippen molar-refractivity contribution in [1.82, 2.24) is 0 Å². The SMILES string of the molecule is CCO[P+](O)(OCC)C(c1ccc(O)cc1)(C(C)(C)C)C(C)(C)C. The predicted octanol–water partition coefficient (Wildman–Crippen LogP) is 5.51. The molecule has 138 valence electrons. The molecule has 0 saturated carbocycles. The number of phenolic OH excluding ortho intramolecular Hbond substituents is 1. The van der Waals surface area contributed by atoms with Gasteiger partial charge in [0.05, 0.1) is 13.2 Å². The summed E-state index contributed by atoms with van der Waals surface area (Å²) in [5.74, 6) is 0.199. The maximum atomic E-state index is 11.7. The lowest BCUT2D eigenvalue weighted by molar-refractivity contribution is 0.0570. The van der Waals surface area contributed by atoms with Crippen molar-refractivity contribution in [2.24, 2.45) is 10.8 Å². The van der Waals surface area contributed by atoms with Crippen molar-refractivity contribution in [1.29, 1.82) is 0 Å². The monoisotopic (exact) mass is 357 g/mol. The van der Waals surface area contributed by atoms with Gasteiger partial charge in [-0.25, -0.2) is 0 Å². The van der Waals surface area contributed by atoms with Crippen LogP contribution in [0, 0.1) is 10.8 Å². The summed E-state index contributed by atoms with van der Waals surface area (Å²) in [5, 5.41) is 8.95. The van der Waals surface area contributed by atoms with E-state index in [1.165, 1.54) is 0 Å². The predicted molar refractivity (Wildman–Crippen MR) is 101 cm³/mol. The number of hydrogen-bond donors (Lipinski definition) is 2. The molecular formula is C19H34O4P+. The average molecular weight is 357 g/mol. The molecule has 0 fully saturated rings. The zero-order valence-electron chi connectivity index (χ0n) is 16.4. The maximum absolute atomic E-state index is 11.7. The highest BCUT2D eigenvalue weighted by Gasteiger charge is 2.74. The third-order valence-corrected chi connectivity index (χ3v) is 8.15. The van der Waals surface area contributed by atoms with Gasteiger partial charge in [-0.1, -0.05) is 53.7 Å². The van der Waals surface area contributed by atoms with Crippen LogP contribution in [0.5, 0.6) is 5.75 Å². The Labute approximate surface area is 147 Å². The van der Waals surface area contributed by atoms with E-state index in [0.717, 1.165) is 5.56 Å². The van der Waals surface area contributed by atoms with Gasteiger partial charge < -0.3 is 5.11 Å². The summed E-state index contributed by atoms with van der Waals surface area (Å²) >= 11 is 0. The van der Waals surface area contributed by atoms with Gasteiger partial charge >= 0.3 is 7.94 Å². The fourth-order valence-corrected chi connectivity index (χ4v) is 7.62. The Morgan fingerprint density at radius 1 is 0.833 bits per heavy atom. The van der Waals surface area contributed by atoms with Crippen LogP contribution in [0.3, 0.4) is 0 Å². The summed E-state index contributed by atoms with van der Waals surface area (Å²) in [7, 11) is -3.27. The van der Waals surface area contributed by atoms with Gasteiger partial charge in [0, 0.05) is 16.4 Å². The van der Waals surface area contributed by atoms with Crippen molar-refractivity contribution in [3.63, 3.8) is 0 Å². The van der Waals surface area contributed by atoms with Gasteiger partial charge in [-0.2, -0.15) is 13.9 Å². The van der Waals surface area contributed by atoms with Gasteiger partial charge in [0.25, 0.3) is 0 Å². The molecule has 0 aliphatic rings. The highest BCUT2D eigenvalue weighted by molar-refractivity contribution is 7.62. The van der Waals surface area contributed by atoms with E-state index in [1.807, 2.05) is 26.0 Å². The van der Waals surface area contributed by atoms with Crippen LogP contribution in [0.4, 0.5) is 0 Å².